The molecule has 0 unspecified atom stereocenters. The van der Waals surface area contributed by atoms with E-state index in [4.69, 9.17) is 4.74 Å². The highest BCUT2D eigenvalue weighted by atomic mass is 16.5. The van der Waals surface area contributed by atoms with Crippen LogP contribution in [0.1, 0.15) is 41.6 Å². The number of carbonyl (C=O) groups excluding carboxylic acids is 2. The quantitative estimate of drug-likeness (QED) is 0.787. The van der Waals surface area contributed by atoms with E-state index in [2.05, 4.69) is 4.90 Å². The molecule has 1 aromatic carbocycles. The number of hydrogen-bond acceptors (Lipinski definition) is 3. The average molecular weight is 340 g/mol. The van der Waals surface area contributed by atoms with E-state index < -0.39 is 0 Å². The molecule has 4 heterocycles. The summed E-state index contributed by atoms with van der Waals surface area (Å²) in [5, 5.41) is 0. The van der Waals surface area contributed by atoms with Crippen LogP contribution in [0.25, 0.3) is 0 Å². The summed E-state index contributed by atoms with van der Waals surface area (Å²) in [4.78, 5) is 29.5. The molecule has 25 heavy (non-hydrogen) atoms. The number of hydrogen-bond donors (Lipinski definition) is 0. The predicted octanol–water partition coefficient (Wildman–Crippen LogP) is 2.09. The number of piperidine rings is 3. The van der Waals surface area contributed by atoms with Crippen LogP contribution >= 0.6 is 0 Å². The lowest BCUT2D eigenvalue weighted by atomic mass is 9.76. The zero-order chi connectivity index (χ0) is 17.0. The Morgan fingerprint density at radius 1 is 1.16 bits per heavy atom. The van der Waals surface area contributed by atoms with E-state index in [-0.39, 0.29) is 5.91 Å². The lowest BCUT2D eigenvalue weighted by Gasteiger charge is -2.52. The van der Waals surface area contributed by atoms with Crippen LogP contribution in [0.2, 0.25) is 0 Å². The maximum atomic E-state index is 13.1. The first kappa shape index (κ1) is 15.2. The minimum absolute atomic E-state index is 0.139. The molecule has 132 valence electrons. The number of nitrogens with zero attached hydrogens (tertiary/aromatic N) is 2. The highest BCUT2D eigenvalue weighted by molar-refractivity contribution is 5.94. The molecule has 0 saturated carbocycles. The van der Waals surface area contributed by atoms with E-state index in [1.165, 1.54) is 0 Å². The van der Waals surface area contributed by atoms with Crippen molar-refractivity contribution in [2.24, 2.45) is 11.8 Å². The van der Waals surface area contributed by atoms with Crippen LogP contribution in [0.3, 0.4) is 0 Å². The van der Waals surface area contributed by atoms with Gasteiger partial charge >= 0.3 is 0 Å². The van der Waals surface area contributed by atoms with Gasteiger partial charge in [0, 0.05) is 44.1 Å². The number of rotatable bonds is 1. The molecule has 1 aromatic rings. The summed E-state index contributed by atoms with van der Waals surface area (Å²) in [6.45, 7) is 3.12. The maximum Gasteiger partial charge on any atom is 0.253 e. The number of amides is 2. The highest BCUT2D eigenvalue weighted by Gasteiger charge is 2.44. The van der Waals surface area contributed by atoms with E-state index in [1.54, 1.807) is 0 Å². The standard InChI is InChI=1S/C20H24N2O3/c23-19-3-1-2-17-16-8-13(11-22(17)19)10-21(12-16)20(24)15-4-5-18-14(9-15)6-7-25-18/h4-5,9,13,16-17H,1-3,6-8,10-12H2/t13-,16+,17-/m0/s1. The van der Waals surface area contributed by atoms with Gasteiger partial charge in [-0.2, -0.15) is 0 Å². The molecular formula is C20H24N2O3. The van der Waals surface area contributed by atoms with Gasteiger partial charge in [0.2, 0.25) is 5.91 Å². The number of likely N-dealkylation sites (tertiary alicyclic amines) is 1. The SMILES string of the molecule is O=C(c1ccc2c(c1)CCO2)N1C[C@@H]2C[C@H](C1)[C@@H]1CCCC(=O)N1C2. The normalized spacial score (nSPS) is 30.6. The summed E-state index contributed by atoms with van der Waals surface area (Å²) in [5.41, 5.74) is 1.92. The zero-order valence-electron chi connectivity index (χ0n) is 14.4. The fourth-order valence-corrected chi connectivity index (χ4v) is 5.28. The van der Waals surface area contributed by atoms with E-state index in [0.717, 1.165) is 62.2 Å². The van der Waals surface area contributed by atoms with Crippen molar-refractivity contribution in [3.63, 3.8) is 0 Å². The van der Waals surface area contributed by atoms with Crippen LogP contribution < -0.4 is 4.74 Å². The van der Waals surface area contributed by atoms with Gasteiger partial charge < -0.3 is 14.5 Å². The van der Waals surface area contributed by atoms with E-state index in [9.17, 15) is 9.59 Å². The molecule has 5 rings (SSSR count). The van der Waals surface area contributed by atoms with Crippen LogP contribution in [0.15, 0.2) is 18.2 Å². The summed E-state index contributed by atoms with van der Waals surface area (Å²) in [7, 11) is 0. The Bertz CT molecular complexity index is 732. The van der Waals surface area contributed by atoms with Gasteiger partial charge in [-0.1, -0.05) is 0 Å². The Balaban J connectivity index is 1.36. The molecule has 2 amide bonds. The highest BCUT2D eigenvalue weighted by Crippen LogP contribution is 2.38. The van der Waals surface area contributed by atoms with Crippen molar-refractivity contribution >= 4 is 11.8 Å². The number of ether oxygens (including phenoxy) is 1. The van der Waals surface area contributed by atoms with Gasteiger partial charge in [-0.05, 0) is 54.9 Å². The summed E-state index contributed by atoms with van der Waals surface area (Å²) >= 11 is 0. The van der Waals surface area contributed by atoms with Gasteiger partial charge in [0.15, 0.2) is 0 Å². The van der Waals surface area contributed by atoms with Crippen LogP contribution in [0, 0.1) is 11.8 Å². The summed E-state index contributed by atoms with van der Waals surface area (Å²) < 4.78 is 5.55. The lowest BCUT2D eigenvalue weighted by molar-refractivity contribution is -0.144. The van der Waals surface area contributed by atoms with Crippen LogP contribution in [0.5, 0.6) is 5.75 Å². The minimum atomic E-state index is 0.139. The van der Waals surface area contributed by atoms with Gasteiger partial charge in [-0.25, -0.2) is 0 Å². The summed E-state index contributed by atoms with van der Waals surface area (Å²) in [6.07, 6.45) is 4.86. The third-order valence-corrected chi connectivity index (χ3v) is 6.40. The van der Waals surface area contributed by atoms with Gasteiger partial charge in [0.05, 0.1) is 6.61 Å². The Hall–Kier alpha value is -2.04. The largest absolute Gasteiger partial charge is 0.493 e. The van der Waals surface area contributed by atoms with Crippen molar-refractivity contribution in [1.29, 1.82) is 0 Å². The van der Waals surface area contributed by atoms with Crippen LogP contribution in [-0.4, -0.2) is 53.9 Å². The van der Waals surface area contributed by atoms with E-state index >= 15 is 0 Å². The molecule has 3 atom stereocenters. The molecule has 0 aromatic heterocycles. The Morgan fingerprint density at radius 2 is 2.08 bits per heavy atom. The first-order chi connectivity index (χ1) is 12.2. The van der Waals surface area contributed by atoms with Crippen molar-refractivity contribution in [3.8, 4) is 5.75 Å². The number of fused-ring (bicyclic) bond motifs is 5. The van der Waals surface area contributed by atoms with Crippen LogP contribution in [0.4, 0.5) is 0 Å². The molecule has 4 aliphatic heterocycles. The lowest BCUT2D eigenvalue weighted by Crippen LogP contribution is -2.61. The van der Waals surface area contributed by atoms with E-state index in [1.807, 2.05) is 23.1 Å². The van der Waals surface area contributed by atoms with Gasteiger partial charge in [-0.15, -0.1) is 0 Å². The fourth-order valence-electron chi connectivity index (χ4n) is 5.28. The number of carbonyl (C=O) groups is 2. The van der Waals surface area contributed by atoms with Gasteiger partial charge in [0.25, 0.3) is 5.91 Å². The van der Waals surface area contributed by atoms with E-state index in [0.29, 0.717) is 36.8 Å². The Kier molecular flexibility index (Phi) is 3.50. The van der Waals surface area contributed by atoms with Crippen molar-refractivity contribution in [2.75, 3.05) is 26.2 Å². The smallest absolute Gasteiger partial charge is 0.253 e. The molecule has 4 aliphatic rings. The molecule has 3 saturated heterocycles. The maximum absolute atomic E-state index is 13.1. The Labute approximate surface area is 147 Å². The molecule has 0 aliphatic carbocycles. The summed E-state index contributed by atoms with van der Waals surface area (Å²) in [5.74, 6) is 2.25. The number of benzene rings is 1. The van der Waals surface area contributed by atoms with Gasteiger partial charge in [-0.3, -0.25) is 9.59 Å². The average Bonchev–Trinajstić information content (AvgIpc) is 3.09. The monoisotopic (exact) mass is 340 g/mol. The first-order valence-corrected chi connectivity index (χ1v) is 9.53. The molecule has 0 spiro atoms. The van der Waals surface area contributed by atoms with Crippen molar-refractivity contribution < 1.29 is 14.3 Å². The first-order valence-electron chi connectivity index (χ1n) is 9.53. The molecule has 0 radical (unpaired) electrons. The van der Waals surface area contributed by atoms with Crippen LogP contribution in [-0.2, 0) is 11.2 Å². The van der Waals surface area contributed by atoms with Crippen molar-refractivity contribution in [2.45, 2.75) is 38.1 Å². The molecule has 5 nitrogen and oxygen atoms in total. The second-order valence-corrected chi connectivity index (χ2v) is 8.00. The van der Waals surface area contributed by atoms with Gasteiger partial charge in [0.1, 0.15) is 5.75 Å². The minimum Gasteiger partial charge on any atom is -0.493 e. The Morgan fingerprint density at radius 3 is 3.00 bits per heavy atom. The zero-order valence-corrected chi connectivity index (χ0v) is 14.4. The molecule has 3 fully saturated rings. The predicted molar refractivity (Wildman–Crippen MR) is 92.5 cm³/mol. The third-order valence-electron chi connectivity index (χ3n) is 6.40. The second-order valence-electron chi connectivity index (χ2n) is 8.00. The van der Waals surface area contributed by atoms with Crippen molar-refractivity contribution in [1.82, 2.24) is 9.80 Å². The second kappa shape index (κ2) is 5.75. The fraction of sp³-hybridized carbons (Fsp3) is 0.600. The molecule has 5 heteroatoms. The third kappa shape index (κ3) is 2.52. The molecule has 0 N–H and O–H groups in total. The summed E-state index contributed by atoms with van der Waals surface area (Å²) in [6, 6.07) is 6.18. The van der Waals surface area contributed by atoms with Crippen molar-refractivity contribution in [3.05, 3.63) is 29.3 Å². The topological polar surface area (TPSA) is 49.9 Å². The molecular weight excluding hydrogens is 316 g/mol. The molecule has 2 bridgehead atoms.